The summed E-state index contributed by atoms with van der Waals surface area (Å²) in [7, 11) is 0. The molecule has 0 saturated carbocycles. The Morgan fingerprint density at radius 3 is 2.86 bits per heavy atom. The van der Waals surface area contributed by atoms with Gasteiger partial charge in [-0.05, 0) is 30.2 Å². The Labute approximate surface area is 94.1 Å². The van der Waals surface area contributed by atoms with Gasteiger partial charge in [0.05, 0.1) is 0 Å². The molecule has 0 heterocycles. The van der Waals surface area contributed by atoms with E-state index in [9.17, 15) is 4.39 Å². The quantitative estimate of drug-likeness (QED) is 0.602. The summed E-state index contributed by atoms with van der Waals surface area (Å²) in [5, 5.41) is 3.72. The number of benzene rings is 1. The lowest BCUT2D eigenvalue weighted by Gasteiger charge is -2.07. The van der Waals surface area contributed by atoms with Gasteiger partial charge in [0.15, 0.2) is 0 Å². The van der Waals surface area contributed by atoms with Gasteiger partial charge in [-0.15, -0.1) is 0 Å². The molecule has 78 valence electrons. The van der Waals surface area contributed by atoms with Crippen molar-refractivity contribution in [2.75, 3.05) is 12.3 Å². The molecule has 14 heavy (non-hydrogen) atoms. The Hall–Kier alpha value is -0.250. The van der Waals surface area contributed by atoms with Crippen LogP contribution in [0.25, 0.3) is 0 Å². The van der Waals surface area contributed by atoms with Crippen molar-refractivity contribution < 1.29 is 4.39 Å². The molecule has 0 atom stereocenters. The second-order valence-corrected chi connectivity index (χ2v) is 3.95. The third-order valence-corrected chi connectivity index (χ3v) is 2.51. The van der Waals surface area contributed by atoms with Crippen molar-refractivity contribution in [2.45, 2.75) is 13.5 Å². The van der Waals surface area contributed by atoms with Crippen molar-refractivity contribution in [3.8, 4) is 0 Å². The van der Waals surface area contributed by atoms with E-state index in [-0.39, 0.29) is 5.82 Å². The molecule has 0 radical (unpaired) electrons. The minimum absolute atomic E-state index is 0.211. The molecule has 0 bridgehead atoms. The fourth-order valence-electron chi connectivity index (χ4n) is 1.13. The summed E-state index contributed by atoms with van der Waals surface area (Å²) < 4.78 is 13.2. The first-order valence-electron chi connectivity index (χ1n) is 4.41. The van der Waals surface area contributed by atoms with E-state index in [2.05, 4.69) is 17.9 Å². The maximum absolute atomic E-state index is 13.2. The van der Waals surface area contributed by atoms with E-state index >= 15 is 0 Å². The van der Waals surface area contributed by atoms with Crippen LogP contribution in [0.1, 0.15) is 11.1 Å². The van der Waals surface area contributed by atoms with Gasteiger partial charge in [-0.1, -0.05) is 11.6 Å². The average Bonchev–Trinajstić information content (AvgIpc) is 2.14. The Morgan fingerprint density at radius 2 is 2.21 bits per heavy atom. The molecule has 0 spiro atoms. The van der Waals surface area contributed by atoms with Gasteiger partial charge in [0, 0.05) is 23.9 Å². The summed E-state index contributed by atoms with van der Waals surface area (Å²) in [4.78, 5) is 0. The highest BCUT2D eigenvalue weighted by molar-refractivity contribution is 7.80. The highest BCUT2D eigenvalue weighted by Gasteiger charge is 2.04. The van der Waals surface area contributed by atoms with Gasteiger partial charge in [-0.3, -0.25) is 0 Å². The molecule has 1 rings (SSSR count). The van der Waals surface area contributed by atoms with E-state index in [1.807, 2.05) is 0 Å². The van der Waals surface area contributed by atoms with Crippen LogP contribution in [0.3, 0.4) is 0 Å². The molecular formula is C10H13ClFNS. The number of hydrogen-bond acceptors (Lipinski definition) is 2. The second kappa shape index (κ2) is 5.59. The number of nitrogens with one attached hydrogen (secondary N) is 1. The number of aryl methyl sites for hydroxylation is 1. The maximum Gasteiger partial charge on any atom is 0.126 e. The smallest absolute Gasteiger partial charge is 0.126 e. The zero-order valence-corrected chi connectivity index (χ0v) is 9.63. The molecule has 0 aliphatic heterocycles. The summed E-state index contributed by atoms with van der Waals surface area (Å²) in [6.07, 6.45) is 0. The van der Waals surface area contributed by atoms with Gasteiger partial charge in [0.1, 0.15) is 5.82 Å². The molecule has 0 aliphatic carbocycles. The number of halogens is 2. The number of thiol groups is 1. The van der Waals surface area contributed by atoms with E-state index in [1.54, 1.807) is 13.0 Å². The zero-order valence-electron chi connectivity index (χ0n) is 7.98. The highest BCUT2D eigenvalue weighted by atomic mass is 35.5. The summed E-state index contributed by atoms with van der Waals surface area (Å²) in [6.45, 7) is 3.07. The van der Waals surface area contributed by atoms with Crippen LogP contribution in [0.5, 0.6) is 0 Å². The van der Waals surface area contributed by atoms with Crippen LogP contribution in [0.2, 0.25) is 5.02 Å². The van der Waals surface area contributed by atoms with Gasteiger partial charge in [0.25, 0.3) is 0 Å². The first kappa shape index (κ1) is 11.8. The third-order valence-electron chi connectivity index (χ3n) is 1.93. The van der Waals surface area contributed by atoms with Crippen molar-refractivity contribution >= 4 is 24.2 Å². The molecule has 4 heteroatoms. The van der Waals surface area contributed by atoms with Gasteiger partial charge in [-0.2, -0.15) is 12.6 Å². The fraction of sp³-hybridized carbons (Fsp3) is 0.400. The van der Waals surface area contributed by atoms with Crippen LogP contribution in [0.15, 0.2) is 12.1 Å². The van der Waals surface area contributed by atoms with Crippen molar-refractivity contribution in [3.63, 3.8) is 0 Å². The number of rotatable bonds is 4. The first-order valence-corrected chi connectivity index (χ1v) is 5.42. The third kappa shape index (κ3) is 3.15. The van der Waals surface area contributed by atoms with Gasteiger partial charge >= 0.3 is 0 Å². The molecule has 1 aromatic carbocycles. The first-order chi connectivity index (χ1) is 6.65. The molecule has 0 aromatic heterocycles. The van der Waals surface area contributed by atoms with Gasteiger partial charge in [-0.25, -0.2) is 4.39 Å². The van der Waals surface area contributed by atoms with Gasteiger partial charge in [0.2, 0.25) is 0 Å². The zero-order chi connectivity index (χ0) is 10.6. The summed E-state index contributed by atoms with van der Waals surface area (Å²) >= 11 is 10.0. The van der Waals surface area contributed by atoms with E-state index < -0.39 is 0 Å². The predicted molar refractivity (Wildman–Crippen MR) is 61.7 cm³/mol. The lowest BCUT2D eigenvalue weighted by atomic mass is 10.1. The topological polar surface area (TPSA) is 12.0 Å². The Bertz CT molecular complexity index is 317. The molecule has 0 unspecified atom stereocenters. The van der Waals surface area contributed by atoms with Crippen LogP contribution in [-0.4, -0.2) is 12.3 Å². The minimum Gasteiger partial charge on any atom is -0.312 e. The fourth-order valence-corrected chi connectivity index (χ4v) is 1.57. The van der Waals surface area contributed by atoms with Crippen molar-refractivity contribution in [1.29, 1.82) is 0 Å². The van der Waals surface area contributed by atoms with E-state index in [1.165, 1.54) is 6.07 Å². The molecule has 1 aromatic rings. The summed E-state index contributed by atoms with van der Waals surface area (Å²) in [6, 6.07) is 3.12. The molecular weight excluding hydrogens is 221 g/mol. The number of hydrogen-bond donors (Lipinski definition) is 2. The van der Waals surface area contributed by atoms with E-state index in [0.29, 0.717) is 17.1 Å². The van der Waals surface area contributed by atoms with Crippen LogP contribution in [0, 0.1) is 12.7 Å². The highest BCUT2D eigenvalue weighted by Crippen LogP contribution is 2.20. The molecule has 0 fully saturated rings. The van der Waals surface area contributed by atoms with Crippen molar-refractivity contribution in [1.82, 2.24) is 5.32 Å². The predicted octanol–water partition coefficient (Wildman–Crippen LogP) is 2.81. The maximum atomic E-state index is 13.2. The SMILES string of the molecule is Cc1cc(Cl)c(CNCCS)cc1F. The Morgan fingerprint density at radius 1 is 1.50 bits per heavy atom. The average molecular weight is 234 g/mol. The summed E-state index contributed by atoms with van der Waals surface area (Å²) in [5.41, 5.74) is 1.37. The molecule has 0 aliphatic rings. The van der Waals surface area contributed by atoms with Crippen molar-refractivity contribution in [2.24, 2.45) is 0 Å². The van der Waals surface area contributed by atoms with E-state index in [0.717, 1.165) is 17.9 Å². The second-order valence-electron chi connectivity index (χ2n) is 3.09. The molecule has 1 nitrogen and oxygen atoms in total. The molecule has 1 N–H and O–H groups in total. The minimum atomic E-state index is -0.211. The Kier molecular flexibility index (Phi) is 4.72. The lowest BCUT2D eigenvalue weighted by Crippen LogP contribution is -2.16. The van der Waals surface area contributed by atoms with Crippen LogP contribution >= 0.6 is 24.2 Å². The monoisotopic (exact) mass is 233 g/mol. The molecule has 0 saturated heterocycles. The summed E-state index contributed by atoms with van der Waals surface area (Å²) in [5.74, 6) is 0.545. The van der Waals surface area contributed by atoms with Crippen LogP contribution < -0.4 is 5.32 Å². The largest absolute Gasteiger partial charge is 0.312 e. The van der Waals surface area contributed by atoms with Crippen molar-refractivity contribution in [3.05, 3.63) is 34.1 Å². The van der Waals surface area contributed by atoms with E-state index in [4.69, 9.17) is 11.6 Å². The van der Waals surface area contributed by atoms with Crippen LogP contribution in [0.4, 0.5) is 4.39 Å². The molecule has 0 amide bonds. The lowest BCUT2D eigenvalue weighted by molar-refractivity contribution is 0.613. The Balaban J connectivity index is 2.72. The van der Waals surface area contributed by atoms with Gasteiger partial charge < -0.3 is 5.32 Å². The standard InChI is InChI=1S/C10H13ClFNS/c1-7-4-9(11)8(5-10(7)12)6-13-2-3-14/h4-5,13-14H,2-3,6H2,1H3. The normalized spacial score (nSPS) is 10.6. The van der Waals surface area contributed by atoms with Crippen LogP contribution in [-0.2, 0) is 6.54 Å².